The average Bonchev–Trinajstić information content (AvgIpc) is 2.60. The highest BCUT2D eigenvalue weighted by Crippen LogP contribution is 2.28. The van der Waals surface area contributed by atoms with Crippen LogP contribution in [0.15, 0.2) is 36.4 Å². The maximum atomic E-state index is 14.3. The molecule has 1 amide bonds. The van der Waals surface area contributed by atoms with Gasteiger partial charge in [0, 0.05) is 11.6 Å². The van der Waals surface area contributed by atoms with Gasteiger partial charge in [0.2, 0.25) is 0 Å². The summed E-state index contributed by atoms with van der Waals surface area (Å²) < 4.78 is 33.4. The van der Waals surface area contributed by atoms with Crippen LogP contribution >= 0.6 is 0 Å². The summed E-state index contributed by atoms with van der Waals surface area (Å²) >= 11 is 0. The second-order valence-corrected chi connectivity index (χ2v) is 5.02. The Morgan fingerprint density at radius 2 is 1.76 bits per heavy atom. The molecule has 0 N–H and O–H groups in total. The van der Waals surface area contributed by atoms with Crippen LogP contribution in [-0.4, -0.2) is 31.0 Å². The molecule has 2 aromatic rings. The predicted molar refractivity (Wildman–Crippen MR) is 85.5 cm³/mol. The molecule has 2 rings (SSSR count). The first-order chi connectivity index (χ1) is 12.0. The predicted octanol–water partition coefficient (Wildman–Crippen LogP) is 3.13. The van der Waals surface area contributed by atoms with E-state index in [1.165, 1.54) is 37.4 Å². The Morgan fingerprint density at radius 1 is 1.08 bits per heavy atom. The van der Waals surface area contributed by atoms with Crippen molar-refractivity contribution in [2.24, 2.45) is 0 Å². The van der Waals surface area contributed by atoms with E-state index in [-0.39, 0.29) is 29.8 Å². The zero-order valence-corrected chi connectivity index (χ0v) is 13.3. The van der Waals surface area contributed by atoms with Crippen LogP contribution in [0.4, 0.5) is 8.78 Å². The molecule has 0 bridgehead atoms. The molecule has 0 aliphatic rings. The van der Waals surface area contributed by atoms with E-state index in [4.69, 9.17) is 15.3 Å². The van der Waals surface area contributed by atoms with Gasteiger partial charge in [-0.05, 0) is 29.8 Å². The average molecular weight is 341 g/mol. The molecule has 0 radical (unpaired) electrons. The van der Waals surface area contributed by atoms with Gasteiger partial charge < -0.3 is 9.64 Å². The van der Waals surface area contributed by atoms with Crippen LogP contribution in [0.1, 0.15) is 10.4 Å². The molecular formula is C18H13F2N3O2. The molecule has 0 saturated heterocycles. The van der Waals surface area contributed by atoms with Gasteiger partial charge in [0.05, 0.1) is 24.8 Å². The summed E-state index contributed by atoms with van der Waals surface area (Å²) in [6, 6.07) is 11.3. The molecule has 0 saturated carbocycles. The molecule has 0 aliphatic carbocycles. The van der Waals surface area contributed by atoms with Gasteiger partial charge in [0.25, 0.3) is 5.91 Å². The van der Waals surface area contributed by atoms with Gasteiger partial charge in [0.15, 0.2) is 0 Å². The second-order valence-electron chi connectivity index (χ2n) is 5.02. The maximum absolute atomic E-state index is 14.3. The number of nitrogens with zero attached hydrogens (tertiary/aromatic N) is 3. The van der Waals surface area contributed by atoms with E-state index in [2.05, 4.69) is 0 Å². The third-order valence-corrected chi connectivity index (χ3v) is 3.50. The Balaban J connectivity index is 2.37. The number of rotatable bonds is 5. The third-order valence-electron chi connectivity index (χ3n) is 3.50. The summed E-state index contributed by atoms with van der Waals surface area (Å²) in [5.41, 5.74) is 0.120. The first-order valence-electron chi connectivity index (χ1n) is 7.18. The van der Waals surface area contributed by atoms with Crippen LogP contribution < -0.4 is 4.74 Å². The molecule has 0 heterocycles. The Labute approximate surface area is 143 Å². The van der Waals surface area contributed by atoms with E-state index in [1.54, 1.807) is 12.1 Å². The Bertz CT molecular complexity index is 869. The summed E-state index contributed by atoms with van der Waals surface area (Å²) in [6.45, 7) is -0.665. The monoisotopic (exact) mass is 341 g/mol. The summed E-state index contributed by atoms with van der Waals surface area (Å²) in [7, 11) is 1.41. The van der Waals surface area contributed by atoms with Crippen LogP contribution in [-0.2, 0) is 0 Å². The largest absolute Gasteiger partial charge is 0.497 e. The molecule has 2 aromatic carbocycles. The van der Waals surface area contributed by atoms with E-state index >= 15 is 0 Å². The number of amides is 1. The molecule has 0 unspecified atom stereocenters. The zero-order valence-electron chi connectivity index (χ0n) is 13.3. The van der Waals surface area contributed by atoms with Gasteiger partial charge >= 0.3 is 0 Å². The van der Waals surface area contributed by atoms with Crippen molar-refractivity contribution >= 4 is 5.91 Å². The quantitative estimate of drug-likeness (QED) is 0.783. The van der Waals surface area contributed by atoms with E-state index in [1.807, 2.05) is 0 Å². The van der Waals surface area contributed by atoms with Crippen molar-refractivity contribution in [1.82, 2.24) is 4.90 Å². The highest BCUT2D eigenvalue weighted by atomic mass is 19.1. The number of hydrogen-bond donors (Lipinski definition) is 0. The molecule has 0 atom stereocenters. The number of carbonyl (C=O) groups is 1. The fourth-order valence-electron chi connectivity index (χ4n) is 2.25. The van der Waals surface area contributed by atoms with E-state index in [9.17, 15) is 13.6 Å². The van der Waals surface area contributed by atoms with Gasteiger partial charge in [-0.25, -0.2) is 8.78 Å². The second kappa shape index (κ2) is 7.89. The lowest BCUT2D eigenvalue weighted by Gasteiger charge is -2.16. The molecule has 25 heavy (non-hydrogen) atoms. The highest BCUT2D eigenvalue weighted by Gasteiger charge is 2.20. The van der Waals surface area contributed by atoms with Gasteiger partial charge in [-0.15, -0.1) is 0 Å². The summed E-state index contributed by atoms with van der Waals surface area (Å²) in [5.74, 6) is -1.90. The van der Waals surface area contributed by atoms with Crippen molar-refractivity contribution in [2.75, 3.05) is 20.2 Å². The molecular weight excluding hydrogens is 328 g/mol. The lowest BCUT2D eigenvalue weighted by atomic mass is 10.0. The SMILES string of the molecule is COc1ccc(-c2ccc(C(=O)N(CC#N)CC#N)c(F)c2)c(F)c1. The molecule has 5 nitrogen and oxygen atoms in total. The number of methoxy groups -OCH3 is 1. The fraction of sp³-hybridized carbons (Fsp3) is 0.167. The lowest BCUT2D eigenvalue weighted by Crippen LogP contribution is -2.32. The molecule has 126 valence electrons. The van der Waals surface area contributed by atoms with Crippen LogP contribution in [0.25, 0.3) is 11.1 Å². The first-order valence-corrected chi connectivity index (χ1v) is 7.18. The molecule has 0 fully saturated rings. The highest BCUT2D eigenvalue weighted by molar-refractivity contribution is 5.95. The standard InChI is InChI=1S/C18H13F2N3O2/c1-25-13-3-5-14(17(20)11-13)12-2-4-15(16(19)10-12)18(24)23(8-6-21)9-7-22/h2-5,10-11H,8-9H2,1H3. The molecule has 7 heteroatoms. The van der Waals surface area contributed by atoms with Gasteiger partial charge in [0.1, 0.15) is 30.5 Å². The van der Waals surface area contributed by atoms with Crippen LogP contribution in [0.5, 0.6) is 5.75 Å². The molecule has 0 aliphatic heterocycles. The number of halogens is 2. The van der Waals surface area contributed by atoms with Gasteiger partial charge in [-0.1, -0.05) is 6.07 Å². The van der Waals surface area contributed by atoms with Crippen molar-refractivity contribution in [2.45, 2.75) is 0 Å². The van der Waals surface area contributed by atoms with Crippen LogP contribution in [0.2, 0.25) is 0 Å². The first kappa shape index (κ1) is 17.9. The van der Waals surface area contributed by atoms with Crippen molar-refractivity contribution in [3.63, 3.8) is 0 Å². The molecule has 0 aromatic heterocycles. The van der Waals surface area contributed by atoms with Crippen molar-refractivity contribution in [3.8, 4) is 29.0 Å². The minimum Gasteiger partial charge on any atom is -0.497 e. The van der Waals surface area contributed by atoms with Gasteiger partial charge in [-0.2, -0.15) is 10.5 Å². The van der Waals surface area contributed by atoms with Crippen molar-refractivity contribution in [3.05, 3.63) is 53.6 Å². The third kappa shape index (κ3) is 3.91. The number of benzene rings is 2. The smallest absolute Gasteiger partial charge is 0.258 e. The minimum atomic E-state index is -0.862. The number of hydrogen-bond acceptors (Lipinski definition) is 4. The van der Waals surface area contributed by atoms with Gasteiger partial charge in [-0.3, -0.25) is 4.79 Å². The summed E-state index contributed by atoms with van der Waals surface area (Å²) in [4.78, 5) is 13.2. The van der Waals surface area contributed by atoms with Crippen molar-refractivity contribution < 1.29 is 18.3 Å². The minimum absolute atomic E-state index is 0.157. The van der Waals surface area contributed by atoms with E-state index < -0.39 is 17.5 Å². The van der Waals surface area contributed by atoms with E-state index in [0.717, 1.165) is 11.0 Å². The Morgan fingerprint density at radius 3 is 2.28 bits per heavy atom. The van der Waals surface area contributed by atoms with Crippen molar-refractivity contribution in [1.29, 1.82) is 10.5 Å². The van der Waals surface area contributed by atoms with Crippen LogP contribution in [0, 0.1) is 34.3 Å². The topological polar surface area (TPSA) is 77.1 Å². The maximum Gasteiger partial charge on any atom is 0.258 e. The fourth-order valence-corrected chi connectivity index (χ4v) is 2.25. The Hall–Kier alpha value is -3.45. The number of nitriles is 2. The molecule has 0 spiro atoms. The normalized spacial score (nSPS) is 9.80. The summed E-state index contributed by atoms with van der Waals surface area (Å²) in [6.07, 6.45) is 0. The summed E-state index contributed by atoms with van der Waals surface area (Å²) in [5, 5.41) is 17.4. The lowest BCUT2D eigenvalue weighted by molar-refractivity contribution is 0.0790. The number of carbonyl (C=O) groups excluding carboxylic acids is 1. The van der Waals surface area contributed by atoms with Crippen LogP contribution in [0.3, 0.4) is 0 Å². The number of ether oxygens (including phenoxy) is 1. The Kier molecular flexibility index (Phi) is 5.65. The zero-order chi connectivity index (χ0) is 18.4. The van der Waals surface area contributed by atoms with E-state index in [0.29, 0.717) is 5.75 Å².